The van der Waals surface area contributed by atoms with E-state index in [4.69, 9.17) is 10.3 Å². The minimum absolute atomic E-state index is 0.00342. The van der Waals surface area contributed by atoms with E-state index < -0.39 is 11.8 Å². The standard InChI is InChI=1S/C14H13N3O3/c15-17-14(19)12(9-11-7-4-8-20-11)16-13(18)10-5-2-1-3-6-10/h1-9H,15H2,(H,16,18)(H,17,19)/b12-9-. The van der Waals surface area contributed by atoms with E-state index in [2.05, 4.69) is 5.32 Å². The highest BCUT2D eigenvalue weighted by atomic mass is 16.3. The minimum atomic E-state index is -0.620. The summed E-state index contributed by atoms with van der Waals surface area (Å²) in [6, 6.07) is 11.9. The first-order chi connectivity index (χ1) is 9.70. The van der Waals surface area contributed by atoms with Gasteiger partial charge in [0.25, 0.3) is 11.8 Å². The molecule has 4 N–H and O–H groups in total. The van der Waals surface area contributed by atoms with Crippen LogP contribution in [0.1, 0.15) is 16.1 Å². The summed E-state index contributed by atoms with van der Waals surface area (Å²) in [5.74, 6) is 4.49. The molecule has 0 aliphatic rings. The van der Waals surface area contributed by atoms with Crippen LogP contribution in [-0.4, -0.2) is 11.8 Å². The van der Waals surface area contributed by atoms with E-state index in [0.717, 1.165) is 0 Å². The Hall–Kier alpha value is -2.86. The van der Waals surface area contributed by atoms with Crippen LogP contribution in [0, 0.1) is 0 Å². The number of hydrogen-bond acceptors (Lipinski definition) is 4. The van der Waals surface area contributed by atoms with Gasteiger partial charge in [-0.05, 0) is 24.3 Å². The molecule has 0 saturated carbocycles. The number of benzene rings is 1. The molecule has 1 aromatic carbocycles. The fourth-order valence-corrected chi connectivity index (χ4v) is 1.54. The van der Waals surface area contributed by atoms with Gasteiger partial charge in [0.2, 0.25) is 0 Å². The predicted molar refractivity (Wildman–Crippen MR) is 72.9 cm³/mol. The molecular formula is C14H13N3O3. The zero-order chi connectivity index (χ0) is 14.4. The summed E-state index contributed by atoms with van der Waals surface area (Å²) in [6.07, 6.45) is 2.85. The Bertz CT molecular complexity index is 618. The molecule has 1 heterocycles. The highest BCUT2D eigenvalue weighted by Crippen LogP contribution is 2.07. The summed E-state index contributed by atoms with van der Waals surface area (Å²) >= 11 is 0. The molecule has 0 fully saturated rings. The molecule has 0 spiro atoms. The van der Waals surface area contributed by atoms with Crippen molar-refractivity contribution in [1.29, 1.82) is 0 Å². The molecule has 102 valence electrons. The van der Waals surface area contributed by atoms with Gasteiger partial charge >= 0.3 is 0 Å². The lowest BCUT2D eigenvalue weighted by Crippen LogP contribution is -2.38. The molecule has 0 aliphatic carbocycles. The third kappa shape index (κ3) is 3.33. The Morgan fingerprint density at radius 2 is 1.85 bits per heavy atom. The minimum Gasteiger partial charge on any atom is -0.465 e. The Morgan fingerprint density at radius 3 is 2.45 bits per heavy atom. The Morgan fingerprint density at radius 1 is 1.10 bits per heavy atom. The SMILES string of the molecule is NNC(=O)/C(=C/c1ccco1)NC(=O)c1ccccc1. The monoisotopic (exact) mass is 271 g/mol. The first kappa shape index (κ1) is 13.6. The average Bonchev–Trinajstić information content (AvgIpc) is 2.99. The van der Waals surface area contributed by atoms with Gasteiger partial charge in [0.15, 0.2) is 0 Å². The van der Waals surface area contributed by atoms with Gasteiger partial charge in [-0.1, -0.05) is 18.2 Å². The molecule has 0 radical (unpaired) electrons. The maximum absolute atomic E-state index is 12.0. The molecule has 0 unspecified atom stereocenters. The second kappa shape index (κ2) is 6.35. The van der Waals surface area contributed by atoms with Crippen LogP contribution in [0.25, 0.3) is 6.08 Å². The molecule has 2 rings (SSSR count). The number of carbonyl (C=O) groups excluding carboxylic acids is 2. The summed E-state index contributed by atoms with van der Waals surface area (Å²) in [5.41, 5.74) is 2.40. The highest BCUT2D eigenvalue weighted by molar-refractivity contribution is 6.04. The first-order valence-electron chi connectivity index (χ1n) is 5.83. The highest BCUT2D eigenvalue weighted by Gasteiger charge is 2.13. The van der Waals surface area contributed by atoms with Gasteiger partial charge < -0.3 is 9.73 Å². The van der Waals surface area contributed by atoms with Crippen molar-refractivity contribution in [1.82, 2.24) is 10.7 Å². The first-order valence-corrected chi connectivity index (χ1v) is 5.83. The predicted octanol–water partition coefficient (Wildman–Crippen LogP) is 1.04. The maximum atomic E-state index is 12.0. The van der Waals surface area contributed by atoms with E-state index in [0.29, 0.717) is 11.3 Å². The molecule has 0 aliphatic heterocycles. The number of hydrogen-bond donors (Lipinski definition) is 3. The molecule has 6 nitrogen and oxygen atoms in total. The quantitative estimate of drug-likeness (QED) is 0.335. The van der Waals surface area contributed by atoms with Gasteiger partial charge in [-0.15, -0.1) is 0 Å². The molecular weight excluding hydrogens is 258 g/mol. The lowest BCUT2D eigenvalue weighted by atomic mass is 10.2. The number of hydrazine groups is 1. The summed E-state index contributed by atoms with van der Waals surface area (Å²) < 4.78 is 5.10. The van der Waals surface area contributed by atoms with Crippen molar-refractivity contribution in [2.45, 2.75) is 0 Å². The number of amides is 2. The van der Waals surface area contributed by atoms with Gasteiger partial charge in [-0.25, -0.2) is 5.84 Å². The van der Waals surface area contributed by atoms with Crippen LogP contribution in [0.4, 0.5) is 0 Å². The average molecular weight is 271 g/mol. The van der Waals surface area contributed by atoms with E-state index >= 15 is 0 Å². The Labute approximate surface area is 115 Å². The van der Waals surface area contributed by atoms with Crippen LogP contribution in [-0.2, 0) is 4.79 Å². The maximum Gasteiger partial charge on any atom is 0.281 e. The number of nitrogens with one attached hydrogen (secondary N) is 2. The van der Waals surface area contributed by atoms with Crippen molar-refractivity contribution in [3.63, 3.8) is 0 Å². The smallest absolute Gasteiger partial charge is 0.281 e. The molecule has 1 aromatic heterocycles. The van der Waals surface area contributed by atoms with E-state index in [-0.39, 0.29) is 5.70 Å². The van der Waals surface area contributed by atoms with Crippen molar-refractivity contribution in [3.05, 3.63) is 65.7 Å². The van der Waals surface area contributed by atoms with Gasteiger partial charge in [-0.3, -0.25) is 15.0 Å². The molecule has 20 heavy (non-hydrogen) atoms. The number of nitrogens with two attached hydrogens (primary N) is 1. The Kier molecular flexibility index (Phi) is 4.31. The zero-order valence-electron chi connectivity index (χ0n) is 10.5. The summed E-state index contributed by atoms with van der Waals surface area (Å²) in [5, 5.41) is 2.49. The lowest BCUT2D eigenvalue weighted by Gasteiger charge is -2.08. The largest absolute Gasteiger partial charge is 0.465 e. The van der Waals surface area contributed by atoms with E-state index in [9.17, 15) is 9.59 Å². The van der Waals surface area contributed by atoms with Crippen LogP contribution in [0.3, 0.4) is 0 Å². The van der Waals surface area contributed by atoms with Crippen LogP contribution in [0.2, 0.25) is 0 Å². The van der Waals surface area contributed by atoms with Gasteiger partial charge in [0, 0.05) is 11.6 Å². The normalized spacial score (nSPS) is 10.9. The molecule has 6 heteroatoms. The zero-order valence-corrected chi connectivity index (χ0v) is 10.5. The number of rotatable bonds is 4. The van der Waals surface area contributed by atoms with Gasteiger partial charge in [0.05, 0.1) is 6.26 Å². The lowest BCUT2D eigenvalue weighted by molar-refractivity contribution is -0.117. The third-order valence-electron chi connectivity index (χ3n) is 2.49. The van der Waals surface area contributed by atoms with Crippen molar-refractivity contribution < 1.29 is 14.0 Å². The molecule has 0 bridgehead atoms. The van der Waals surface area contributed by atoms with Crippen molar-refractivity contribution in [2.24, 2.45) is 5.84 Å². The van der Waals surface area contributed by atoms with Crippen LogP contribution < -0.4 is 16.6 Å². The summed E-state index contributed by atoms with van der Waals surface area (Å²) in [4.78, 5) is 23.6. The molecule has 2 aromatic rings. The fourth-order valence-electron chi connectivity index (χ4n) is 1.54. The number of carbonyl (C=O) groups is 2. The van der Waals surface area contributed by atoms with E-state index in [1.807, 2.05) is 5.43 Å². The summed E-state index contributed by atoms with van der Waals surface area (Å²) in [6.45, 7) is 0. The van der Waals surface area contributed by atoms with Crippen LogP contribution in [0.5, 0.6) is 0 Å². The van der Waals surface area contributed by atoms with Crippen LogP contribution in [0.15, 0.2) is 58.8 Å². The van der Waals surface area contributed by atoms with Crippen molar-refractivity contribution in [2.75, 3.05) is 0 Å². The van der Waals surface area contributed by atoms with E-state index in [1.165, 1.54) is 12.3 Å². The summed E-state index contributed by atoms with van der Waals surface area (Å²) in [7, 11) is 0. The van der Waals surface area contributed by atoms with Crippen molar-refractivity contribution in [3.8, 4) is 0 Å². The van der Waals surface area contributed by atoms with Gasteiger partial charge in [0.1, 0.15) is 11.5 Å². The van der Waals surface area contributed by atoms with Crippen LogP contribution >= 0.6 is 0 Å². The Balaban J connectivity index is 2.21. The second-order valence-electron chi connectivity index (χ2n) is 3.87. The number of furan rings is 1. The molecule has 0 saturated heterocycles. The van der Waals surface area contributed by atoms with Crippen molar-refractivity contribution >= 4 is 17.9 Å². The van der Waals surface area contributed by atoms with E-state index in [1.54, 1.807) is 42.5 Å². The third-order valence-corrected chi connectivity index (χ3v) is 2.49. The fraction of sp³-hybridized carbons (Fsp3) is 0. The van der Waals surface area contributed by atoms with Gasteiger partial charge in [-0.2, -0.15) is 0 Å². The second-order valence-corrected chi connectivity index (χ2v) is 3.87. The molecule has 0 atom stereocenters. The molecule has 2 amide bonds. The topological polar surface area (TPSA) is 97.4 Å².